The van der Waals surface area contributed by atoms with E-state index in [1.165, 1.54) is 12.7 Å². The van der Waals surface area contributed by atoms with Crippen LogP contribution in [0.25, 0.3) is 11.0 Å². The lowest BCUT2D eigenvalue weighted by Gasteiger charge is -2.19. The second-order valence-electron chi connectivity index (χ2n) is 10.6. The molecule has 2 N–H and O–H groups in total. The van der Waals surface area contributed by atoms with E-state index in [-0.39, 0.29) is 41.4 Å². The molecule has 9 nitrogen and oxygen atoms in total. The van der Waals surface area contributed by atoms with E-state index >= 15 is 0 Å². The van der Waals surface area contributed by atoms with E-state index < -0.39 is 6.09 Å². The lowest BCUT2D eigenvalue weighted by atomic mass is 9.84. The predicted octanol–water partition coefficient (Wildman–Crippen LogP) is 5.73. The summed E-state index contributed by atoms with van der Waals surface area (Å²) in [5.41, 5.74) is 4.39. The highest BCUT2D eigenvalue weighted by Gasteiger charge is 2.61. The molecule has 0 spiro atoms. The summed E-state index contributed by atoms with van der Waals surface area (Å²) in [5, 5.41) is 2.45. The Kier molecular flexibility index (Phi) is 7.58. The highest BCUT2D eigenvalue weighted by molar-refractivity contribution is 6.10. The minimum absolute atomic E-state index is 0.0671. The molecule has 1 aromatic heterocycles. The third kappa shape index (κ3) is 5.70. The van der Waals surface area contributed by atoms with Gasteiger partial charge in [-0.2, -0.15) is 0 Å². The number of benzene rings is 2. The molecule has 3 heterocycles. The number of aromatic amines is 1. The van der Waals surface area contributed by atoms with E-state index in [0.717, 1.165) is 25.7 Å². The number of esters is 1. The molecular weight excluding hydrogens is 510 g/mol. The first-order chi connectivity index (χ1) is 19.2. The zero-order chi connectivity index (χ0) is 28.4. The molecule has 4 unspecified atom stereocenters. The summed E-state index contributed by atoms with van der Waals surface area (Å²) in [6.07, 6.45) is 5.64. The summed E-state index contributed by atoms with van der Waals surface area (Å²) in [4.78, 5) is 42.4. The second-order valence-corrected chi connectivity index (χ2v) is 10.6. The van der Waals surface area contributed by atoms with Crippen molar-refractivity contribution in [3.05, 3.63) is 83.5 Å². The minimum atomic E-state index is -0.611. The molecule has 0 bridgehead atoms. The number of ether oxygens (including phenoxy) is 3. The molecule has 1 aliphatic carbocycles. The van der Waals surface area contributed by atoms with Crippen LogP contribution >= 0.6 is 0 Å². The summed E-state index contributed by atoms with van der Waals surface area (Å²) < 4.78 is 15.8. The summed E-state index contributed by atoms with van der Waals surface area (Å²) in [7, 11) is 1.27. The summed E-state index contributed by atoms with van der Waals surface area (Å²) >= 11 is 0. The van der Waals surface area contributed by atoms with Crippen molar-refractivity contribution in [3.63, 3.8) is 0 Å². The van der Waals surface area contributed by atoms with Crippen LogP contribution in [0.2, 0.25) is 0 Å². The van der Waals surface area contributed by atoms with Crippen molar-refractivity contribution >= 4 is 34.8 Å². The van der Waals surface area contributed by atoms with Crippen molar-refractivity contribution in [1.82, 2.24) is 9.97 Å². The number of H-pyrrole nitrogens is 1. The molecule has 1 amide bonds. The SMILES string of the molecule is C=C1C(=O)OC2C1CCC(C)=CCCC1(C)OC21.COC(=O)Nc1nc2ccc(C(=O)c3ccccc3)cc2[nH]1. The lowest BCUT2D eigenvalue weighted by molar-refractivity contribution is -0.140. The van der Waals surface area contributed by atoms with Crippen LogP contribution in [-0.2, 0) is 19.0 Å². The number of nitrogens with one attached hydrogen (secondary N) is 2. The Labute approximate surface area is 232 Å². The maximum atomic E-state index is 12.4. The average Bonchev–Trinajstić information content (AvgIpc) is 3.31. The standard InChI is InChI=1S/C16H13N3O3.C15H20O3/c1-22-16(21)19-15-17-12-8-7-11(9-13(12)18-15)14(20)10-5-3-2-4-6-10;1-9-5-4-8-15(3)13(18-15)12-11(7-6-9)10(2)14(16)17-12/h2-9H,1H3,(H2,17,18,19,21);5,11-13H,2,4,6-8H2,1,3H3. The monoisotopic (exact) mass is 543 g/mol. The van der Waals surface area contributed by atoms with Gasteiger partial charge in [0.25, 0.3) is 0 Å². The lowest BCUT2D eigenvalue weighted by Crippen LogP contribution is -2.28. The number of methoxy groups -OCH3 is 1. The molecule has 2 fully saturated rings. The zero-order valence-corrected chi connectivity index (χ0v) is 22.9. The average molecular weight is 544 g/mol. The van der Waals surface area contributed by atoms with Gasteiger partial charge in [0.15, 0.2) is 5.78 Å². The first kappa shape index (κ1) is 27.3. The van der Waals surface area contributed by atoms with Gasteiger partial charge in [0.1, 0.15) is 12.2 Å². The van der Waals surface area contributed by atoms with Crippen molar-refractivity contribution in [3.8, 4) is 0 Å². The van der Waals surface area contributed by atoms with Crippen LogP contribution in [0.4, 0.5) is 10.7 Å². The Morgan fingerprint density at radius 1 is 1.18 bits per heavy atom. The van der Waals surface area contributed by atoms with E-state index in [2.05, 4.69) is 46.5 Å². The van der Waals surface area contributed by atoms with Crippen molar-refractivity contribution in [1.29, 1.82) is 0 Å². The Balaban J connectivity index is 0.000000164. The number of ketones is 1. The van der Waals surface area contributed by atoms with E-state index in [4.69, 9.17) is 9.47 Å². The summed E-state index contributed by atoms with van der Waals surface area (Å²) in [6.45, 7) is 8.17. The number of epoxide rings is 1. The fourth-order valence-corrected chi connectivity index (χ4v) is 5.32. The number of carbonyl (C=O) groups is 3. The van der Waals surface area contributed by atoms with E-state index in [1.54, 1.807) is 30.3 Å². The van der Waals surface area contributed by atoms with Crippen molar-refractivity contribution in [2.45, 2.75) is 57.3 Å². The number of anilines is 1. The number of hydrogen-bond donors (Lipinski definition) is 2. The quantitative estimate of drug-likeness (QED) is 0.142. The maximum Gasteiger partial charge on any atom is 0.413 e. The predicted molar refractivity (Wildman–Crippen MR) is 150 cm³/mol. The van der Waals surface area contributed by atoms with Gasteiger partial charge in [-0.3, -0.25) is 10.1 Å². The highest BCUT2D eigenvalue weighted by atomic mass is 16.6. The molecule has 4 atom stereocenters. The number of hydrogen-bond acceptors (Lipinski definition) is 7. The molecule has 3 aliphatic rings. The van der Waals surface area contributed by atoms with E-state index in [1.807, 2.05) is 18.2 Å². The van der Waals surface area contributed by atoms with Gasteiger partial charge in [0, 0.05) is 22.6 Å². The smallest absolute Gasteiger partial charge is 0.413 e. The molecule has 6 rings (SSSR count). The van der Waals surface area contributed by atoms with Crippen LogP contribution in [0.3, 0.4) is 0 Å². The van der Waals surface area contributed by atoms with Crippen LogP contribution < -0.4 is 5.32 Å². The number of nitrogens with zero attached hydrogens (tertiary/aromatic N) is 1. The second kappa shape index (κ2) is 11.1. The van der Waals surface area contributed by atoms with Gasteiger partial charge in [-0.25, -0.2) is 14.6 Å². The van der Waals surface area contributed by atoms with Crippen LogP contribution in [-0.4, -0.2) is 52.7 Å². The van der Waals surface area contributed by atoms with Crippen molar-refractivity contribution < 1.29 is 28.6 Å². The third-order valence-corrected chi connectivity index (χ3v) is 7.76. The van der Waals surface area contributed by atoms with Crippen LogP contribution in [0.15, 0.2) is 72.3 Å². The van der Waals surface area contributed by atoms with Crippen molar-refractivity contribution in [2.24, 2.45) is 5.92 Å². The van der Waals surface area contributed by atoms with Crippen LogP contribution in [0.1, 0.15) is 55.5 Å². The van der Waals surface area contributed by atoms with E-state index in [0.29, 0.717) is 27.7 Å². The molecule has 2 saturated heterocycles. The number of allylic oxidation sites excluding steroid dienone is 2. The molecule has 3 aromatic rings. The molecular formula is C31H33N3O6. The molecule has 9 heteroatoms. The number of imidazole rings is 1. The van der Waals surface area contributed by atoms with Gasteiger partial charge in [0.2, 0.25) is 5.95 Å². The molecule has 2 aliphatic heterocycles. The van der Waals surface area contributed by atoms with Gasteiger partial charge in [-0.15, -0.1) is 0 Å². The molecule has 0 radical (unpaired) electrons. The number of carbonyl (C=O) groups excluding carboxylic acids is 3. The maximum absolute atomic E-state index is 12.4. The normalized spacial score (nSPS) is 25.4. The van der Waals surface area contributed by atoms with Gasteiger partial charge in [-0.1, -0.05) is 48.6 Å². The van der Waals surface area contributed by atoms with Crippen molar-refractivity contribution in [2.75, 3.05) is 12.4 Å². The highest BCUT2D eigenvalue weighted by Crippen LogP contribution is 2.49. The summed E-state index contributed by atoms with van der Waals surface area (Å²) in [5.74, 6) is 0.0974. The Morgan fingerprint density at radius 2 is 1.95 bits per heavy atom. The molecule has 0 saturated carbocycles. The first-order valence-corrected chi connectivity index (χ1v) is 13.4. The Morgan fingerprint density at radius 3 is 2.70 bits per heavy atom. The minimum Gasteiger partial charge on any atom is -0.455 e. The number of aromatic nitrogens is 2. The summed E-state index contributed by atoms with van der Waals surface area (Å²) in [6, 6.07) is 14.2. The Hall–Kier alpha value is -4.24. The zero-order valence-electron chi connectivity index (χ0n) is 22.9. The molecule has 40 heavy (non-hydrogen) atoms. The van der Waals surface area contributed by atoms with Crippen LogP contribution in [0, 0.1) is 5.92 Å². The largest absolute Gasteiger partial charge is 0.455 e. The first-order valence-electron chi connectivity index (χ1n) is 13.4. The Bertz CT molecular complexity index is 1490. The number of rotatable bonds is 3. The molecule has 208 valence electrons. The fraction of sp³-hybridized carbons (Fsp3) is 0.355. The molecule has 2 aromatic carbocycles. The fourth-order valence-electron chi connectivity index (χ4n) is 5.32. The van der Waals surface area contributed by atoms with Gasteiger partial charge in [-0.05, 0) is 57.7 Å². The third-order valence-electron chi connectivity index (χ3n) is 7.76. The van der Waals surface area contributed by atoms with Crippen LogP contribution in [0.5, 0.6) is 0 Å². The topological polar surface area (TPSA) is 123 Å². The van der Waals surface area contributed by atoms with E-state index in [9.17, 15) is 14.4 Å². The van der Waals surface area contributed by atoms with Gasteiger partial charge in [0.05, 0.1) is 23.7 Å². The van der Waals surface area contributed by atoms with Gasteiger partial charge >= 0.3 is 12.1 Å². The number of fused-ring (bicyclic) bond motifs is 4. The van der Waals surface area contributed by atoms with Gasteiger partial charge < -0.3 is 19.2 Å². The number of amides is 1.